The third-order valence-electron chi connectivity index (χ3n) is 6.00. The highest BCUT2D eigenvalue weighted by molar-refractivity contribution is 7.18. The predicted molar refractivity (Wildman–Crippen MR) is 131 cm³/mol. The largest absolute Gasteiger partial charge is 0.352 e. The van der Waals surface area contributed by atoms with Crippen LogP contribution in [0.2, 0.25) is 0 Å². The number of piperazine rings is 1. The summed E-state index contributed by atoms with van der Waals surface area (Å²) in [6.07, 6.45) is 2.61. The lowest BCUT2D eigenvalue weighted by Gasteiger charge is -2.35. The average Bonchev–Trinajstić information content (AvgIpc) is 3.32. The number of carbonyl (C=O) groups excluding carboxylic acids is 2. The Morgan fingerprint density at radius 2 is 1.55 bits per heavy atom. The van der Waals surface area contributed by atoms with Gasteiger partial charge in [0.1, 0.15) is 17.0 Å². The maximum Gasteiger partial charge on any atom is 0.253 e. The second-order valence-electron chi connectivity index (χ2n) is 8.03. The van der Waals surface area contributed by atoms with Crippen LogP contribution in [0.3, 0.4) is 0 Å². The first-order valence-electron chi connectivity index (χ1n) is 11.1. The molecule has 1 amide bonds. The molecule has 1 saturated heterocycles. The average molecular weight is 457 g/mol. The molecule has 3 heterocycles. The van der Waals surface area contributed by atoms with Gasteiger partial charge in [0.25, 0.3) is 5.91 Å². The van der Waals surface area contributed by atoms with Crippen molar-refractivity contribution in [2.45, 2.75) is 13.3 Å². The number of hydrogen-bond acceptors (Lipinski definition) is 6. The third kappa shape index (κ3) is 4.24. The summed E-state index contributed by atoms with van der Waals surface area (Å²) in [5, 5.41) is 1.10. The molecule has 0 N–H and O–H groups in total. The minimum Gasteiger partial charge on any atom is -0.352 e. The molecular weight excluding hydrogens is 432 g/mol. The number of ketones is 1. The molecule has 1 fully saturated rings. The maximum absolute atomic E-state index is 13.0. The molecule has 7 heteroatoms. The van der Waals surface area contributed by atoms with Crippen molar-refractivity contribution in [2.75, 3.05) is 31.1 Å². The quantitative estimate of drug-likeness (QED) is 0.415. The Kier molecular flexibility index (Phi) is 5.88. The van der Waals surface area contributed by atoms with Crippen molar-refractivity contribution in [1.29, 1.82) is 0 Å². The van der Waals surface area contributed by atoms with E-state index in [0.717, 1.165) is 35.5 Å². The van der Waals surface area contributed by atoms with Crippen LogP contribution in [-0.4, -0.2) is 52.7 Å². The van der Waals surface area contributed by atoms with Gasteiger partial charge in [0.05, 0.1) is 5.39 Å². The van der Waals surface area contributed by atoms with E-state index < -0.39 is 0 Å². The second kappa shape index (κ2) is 9.11. The van der Waals surface area contributed by atoms with Gasteiger partial charge >= 0.3 is 0 Å². The van der Waals surface area contributed by atoms with Crippen molar-refractivity contribution in [3.05, 3.63) is 88.6 Å². The van der Waals surface area contributed by atoms with E-state index >= 15 is 0 Å². The van der Waals surface area contributed by atoms with Gasteiger partial charge in [0.2, 0.25) is 0 Å². The fourth-order valence-corrected chi connectivity index (χ4v) is 5.07. The van der Waals surface area contributed by atoms with E-state index in [1.165, 1.54) is 4.88 Å². The van der Waals surface area contributed by atoms with Crippen LogP contribution < -0.4 is 4.90 Å². The number of hydrogen-bond donors (Lipinski definition) is 0. The number of thiophene rings is 1. The highest BCUT2D eigenvalue weighted by atomic mass is 32.1. The Labute approximate surface area is 196 Å². The first-order chi connectivity index (χ1) is 16.1. The van der Waals surface area contributed by atoms with Gasteiger partial charge < -0.3 is 9.80 Å². The molecule has 4 aromatic rings. The summed E-state index contributed by atoms with van der Waals surface area (Å²) in [5.41, 5.74) is 1.82. The summed E-state index contributed by atoms with van der Waals surface area (Å²) in [4.78, 5) is 41.0. The first-order valence-corrected chi connectivity index (χ1v) is 11.9. The lowest BCUT2D eigenvalue weighted by atomic mass is 10.0. The summed E-state index contributed by atoms with van der Waals surface area (Å²) in [5.74, 6) is 0.899. The number of aryl methyl sites for hydroxylation is 1. The van der Waals surface area contributed by atoms with Crippen molar-refractivity contribution in [2.24, 2.45) is 0 Å². The second-order valence-corrected chi connectivity index (χ2v) is 9.15. The highest BCUT2D eigenvalue weighted by Gasteiger charge is 2.24. The molecule has 5 rings (SSSR count). The van der Waals surface area contributed by atoms with Gasteiger partial charge in [-0.25, -0.2) is 9.97 Å². The van der Waals surface area contributed by atoms with E-state index in [0.29, 0.717) is 29.8 Å². The first kappa shape index (κ1) is 21.3. The Hall–Kier alpha value is -3.58. The number of benzene rings is 2. The van der Waals surface area contributed by atoms with Crippen LogP contribution in [0.4, 0.5) is 5.82 Å². The summed E-state index contributed by atoms with van der Waals surface area (Å²) in [6.45, 7) is 4.84. The number of fused-ring (bicyclic) bond motifs is 1. The van der Waals surface area contributed by atoms with Crippen LogP contribution in [0.1, 0.15) is 38.1 Å². The number of nitrogens with zero attached hydrogens (tertiary/aromatic N) is 4. The molecular formula is C26H24N4O2S. The van der Waals surface area contributed by atoms with E-state index in [-0.39, 0.29) is 11.7 Å². The topological polar surface area (TPSA) is 66.4 Å². The number of anilines is 1. The van der Waals surface area contributed by atoms with E-state index in [2.05, 4.69) is 27.9 Å². The Balaban J connectivity index is 1.26. The van der Waals surface area contributed by atoms with Gasteiger partial charge in [-0.1, -0.05) is 49.4 Å². The molecule has 6 nitrogen and oxygen atoms in total. The molecule has 0 unspecified atom stereocenters. The fraction of sp³-hybridized carbons (Fsp3) is 0.231. The lowest BCUT2D eigenvalue weighted by Crippen LogP contribution is -2.49. The van der Waals surface area contributed by atoms with Gasteiger partial charge in [-0.3, -0.25) is 9.59 Å². The van der Waals surface area contributed by atoms with Crippen LogP contribution in [0.15, 0.2) is 67.0 Å². The van der Waals surface area contributed by atoms with E-state index in [9.17, 15) is 9.59 Å². The van der Waals surface area contributed by atoms with Crippen molar-refractivity contribution in [1.82, 2.24) is 14.9 Å². The monoisotopic (exact) mass is 456 g/mol. The van der Waals surface area contributed by atoms with Crippen molar-refractivity contribution in [3.63, 3.8) is 0 Å². The SMILES string of the molecule is CCc1cc2c(N3CCN(C(=O)c4ccc(C(=O)c5ccccc5)cc4)CC3)ncnc2s1. The molecule has 2 aromatic heterocycles. The van der Waals surface area contributed by atoms with E-state index in [4.69, 9.17) is 0 Å². The van der Waals surface area contributed by atoms with Crippen LogP contribution in [0, 0.1) is 0 Å². The van der Waals surface area contributed by atoms with Crippen LogP contribution in [0.5, 0.6) is 0 Å². The standard InChI is InChI=1S/C26H24N4O2S/c1-2-21-16-22-24(27-17-28-25(22)33-21)29-12-14-30(15-13-29)26(32)20-10-8-19(9-11-20)23(31)18-6-4-3-5-7-18/h3-11,16-17H,2,12-15H2,1H3. The summed E-state index contributed by atoms with van der Waals surface area (Å²) in [6, 6.07) is 18.3. The minimum absolute atomic E-state index is 0.00926. The summed E-state index contributed by atoms with van der Waals surface area (Å²) in [7, 11) is 0. The number of carbonyl (C=O) groups is 2. The van der Waals surface area contributed by atoms with Gasteiger partial charge in [-0.2, -0.15) is 0 Å². The zero-order valence-corrected chi connectivity index (χ0v) is 19.2. The molecule has 166 valence electrons. The highest BCUT2D eigenvalue weighted by Crippen LogP contribution is 2.31. The molecule has 1 aliphatic heterocycles. The van der Waals surface area contributed by atoms with Gasteiger partial charge in [0.15, 0.2) is 5.78 Å². The fourth-order valence-electron chi connectivity index (χ4n) is 4.14. The van der Waals surface area contributed by atoms with Crippen molar-refractivity contribution >= 4 is 39.1 Å². The molecule has 2 aromatic carbocycles. The van der Waals surface area contributed by atoms with Gasteiger partial charge in [0, 0.05) is 47.7 Å². The number of rotatable bonds is 5. The molecule has 0 radical (unpaired) electrons. The van der Waals surface area contributed by atoms with Crippen molar-refractivity contribution < 1.29 is 9.59 Å². The Bertz CT molecular complexity index is 1290. The maximum atomic E-state index is 13.0. The van der Waals surface area contributed by atoms with Crippen LogP contribution in [0.25, 0.3) is 10.2 Å². The number of amides is 1. The molecule has 0 aliphatic carbocycles. The predicted octanol–water partition coefficient (Wildman–Crippen LogP) is 4.45. The third-order valence-corrected chi connectivity index (χ3v) is 7.19. The molecule has 0 atom stereocenters. The van der Waals surface area contributed by atoms with Gasteiger partial charge in [-0.05, 0) is 24.6 Å². The molecule has 0 spiro atoms. The van der Waals surface area contributed by atoms with E-state index in [1.807, 2.05) is 23.1 Å². The molecule has 33 heavy (non-hydrogen) atoms. The molecule has 1 aliphatic rings. The minimum atomic E-state index is -0.0426. The Morgan fingerprint density at radius 3 is 2.24 bits per heavy atom. The zero-order chi connectivity index (χ0) is 22.8. The van der Waals surface area contributed by atoms with Gasteiger partial charge in [-0.15, -0.1) is 11.3 Å². The number of aromatic nitrogens is 2. The smallest absolute Gasteiger partial charge is 0.253 e. The normalized spacial score (nSPS) is 14.0. The lowest BCUT2D eigenvalue weighted by molar-refractivity contribution is 0.0746. The Morgan fingerprint density at radius 1 is 0.879 bits per heavy atom. The summed E-state index contributed by atoms with van der Waals surface area (Å²) < 4.78 is 0. The summed E-state index contributed by atoms with van der Waals surface area (Å²) >= 11 is 1.71. The van der Waals surface area contributed by atoms with Crippen LogP contribution >= 0.6 is 11.3 Å². The van der Waals surface area contributed by atoms with Crippen molar-refractivity contribution in [3.8, 4) is 0 Å². The molecule has 0 saturated carbocycles. The molecule has 0 bridgehead atoms. The van der Waals surface area contributed by atoms with E-state index in [1.54, 1.807) is 54.1 Å². The zero-order valence-electron chi connectivity index (χ0n) is 18.4. The van der Waals surface area contributed by atoms with Crippen LogP contribution in [-0.2, 0) is 6.42 Å².